The minimum atomic E-state index is -4.16. The Balaban J connectivity index is 2.06. The summed E-state index contributed by atoms with van der Waals surface area (Å²) in [7, 11) is -4.16. The number of amides is 1. The van der Waals surface area contributed by atoms with Gasteiger partial charge in [-0.1, -0.05) is 60.7 Å². The van der Waals surface area contributed by atoms with Gasteiger partial charge in [-0.25, -0.2) is 9.36 Å². The molecule has 0 saturated carbocycles. The van der Waals surface area contributed by atoms with Gasteiger partial charge in [-0.3, -0.25) is 5.41 Å². The zero-order valence-electron chi connectivity index (χ0n) is 15.8. The first kappa shape index (κ1) is 21.0. The molecule has 8 nitrogen and oxygen atoms in total. The molecule has 5 N–H and O–H groups in total. The molecule has 0 bridgehead atoms. The molecule has 1 unspecified atom stereocenters. The summed E-state index contributed by atoms with van der Waals surface area (Å²) in [5.41, 5.74) is 6.25. The Hall–Kier alpha value is -3.77. The molecule has 0 heterocycles. The van der Waals surface area contributed by atoms with Crippen molar-refractivity contribution in [2.45, 2.75) is 5.78 Å². The van der Waals surface area contributed by atoms with Gasteiger partial charge in [0.05, 0.1) is 0 Å². The molecule has 0 aliphatic heterocycles. The van der Waals surface area contributed by atoms with Gasteiger partial charge in [-0.15, -0.1) is 0 Å². The minimum absolute atomic E-state index is 0.145. The van der Waals surface area contributed by atoms with Gasteiger partial charge >= 0.3 is 13.7 Å². The highest BCUT2D eigenvalue weighted by atomic mass is 31.2. The van der Waals surface area contributed by atoms with Crippen molar-refractivity contribution in [3.63, 3.8) is 0 Å². The summed E-state index contributed by atoms with van der Waals surface area (Å²) in [5, 5.41) is 19.1. The first-order valence-electron chi connectivity index (χ1n) is 8.90. The van der Waals surface area contributed by atoms with Crippen LogP contribution in [0.15, 0.2) is 84.9 Å². The summed E-state index contributed by atoms with van der Waals surface area (Å²) in [6.45, 7) is 0. The summed E-state index contributed by atoms with van der Waals surface area (Å²) in [5.74, 6) is -0.964. The lowest BCUT2D eigenvalue weighted by Gasteiger charge is -2.27. The number of nitrogens with one attached hydrogen (secondary N) is 2. The second-order valence-electron chi connectivity index (χ2n) is 6.24. The van der Waals surface area contributed by atoms with Crippen molar-refractivity contribution in [3.8, 4) is 11.5 Å². The zero-order chi connectivity index (χ0) is 21.6. The molecular formula is C21H20N3O5P. The third-order valence-corrected chi connectivity index (χ3v) is 6.06. The highest BCUT2D eigenvalue weighted by Crippen LogP contribution is 2.58. The second kappa shape index (κ2) is 9.15. The molecule has 9 heteroatoms. The summed E-state index contributed by atoms with van der Waals surface area (Å²) >= 11 is 0. The molecule has 3 aromatic rings. The molecule has 3 rings (SSSR count). The number of hydrogen-bond acceptors (Lipinski definition) is 5. The van der Waals surface area contributed by atoms with Gasteiger partial charge in [0.1, 0.15) is 17.3 Å². The van der Waals surface area contributed by atoms with Crippen LogP contribution in [0, 0.1) is 5.41 Å². The van der Waals surface area contributed by atoms with E-state index in [1.54, 1.807) is 60.7 Å². The van der Waals surface area contributed by atoms with Crippen LogP contribution in [0.3, 0.4) is 0 Å². The molecule has 0 radical (unpaired) electrons. The fourth-order valence-corrected chi connectivity index (χ4v) is 4.57. The predicted octanol–water partition coefficient (Wildman–Crippen LogP) is 4.59. The van der Waals surface area contributed by atoms with Crippen LogP contribution in [0.5, 0.6) is 11.5 Å². The molecule has 0 fully saturated rings. The van der Waals surface area contributed by atoms with E-state index in [4.69, 9.17) is 20.2 Å². The van der Waals surface area contributed by atoms with Crippen LogP contribution >= 0.6 is 7.60 Å². The van der Waals surface area contributed by atoms with Crippen LogP contribution in [-0.2, 0) is 4.57 Å². The molecular weight excluding hydrogens is 405 g/mol. The zero-order valence-corrected chi connectivity index (χ0v) is 16.7. The van der Waals surface area contributed by atoms with Crippen LogP contribution in [0.25, 0.3) is 0 Å². The average molecular weight is 425 g/mol. The van der Waals surface area contributed by atoms with E-state index in [9.17, 15) is 14.5 Å². The van der Waals surface area contributed by atoms with E-state index >= 15 is 0 Å². The number of carboxylic acid groups (broad SMARTS) is 1. The van der Waals surface area contributed by atoms with Crippen LogP contribution in [0.4, 0.5) is 4.79 Å². The van der Waals surface area contributed by atoms with Gasteiger partial charge in [-0.2, -0.15) is 0 Å². The molecule has 154 valence electrons. The number of rotatable bonds is 8. The monoisotopic (exact) mass is 425 g/mol. The molecule has 1 amide bonds. The van der Waals surface area contributed by atoms with Crippen molar-refractivity contribution in [2.75, 3.05) is 0 Å². The van der Waals surface area contributed by atoms with Gasteiger partial charge < -0.3 is 25.2 Å². The van der Waals surface area contributed by atoms with Crippen LogP contribution in [-0.4, -0.2) is 17.0 Å². The smallest absolute Gasteiger partial charge is 0.457 e. The molecule has 0 saturated heterocycles. The summed E-state index contributed by atoms with van der Waals surface area (Å²) in [6.07, 6.45) is -1.40. The topological polar surface area (TPSA) is 135 Å². The lowest BCUT2D eigenvalue weighted by molar-refractivity contribution is 0.191. The standard InChI is InChI=1S/C21H20N3O5P/c22-19(23)15-11-13-16(14-12-15)20(24-21(25)26)30(27,28-17-7-3-1-4-8-17)29-18-9-5-2-6-10-18/h1-14,20,24H,(H3,22,23)(H,25,26). The van der Waals surface area contributed by atoms with Crippen molar-refractivity contribution in [1.82, 2.24) is 5.32 Å². The Kier molecular flexibility index (Phi) is 6.39. The highest BCUT2D eigenvalue weighted by Gasteiger charge is 2.42. The lowest BCUT2D eigenvalue weighted by Crippen LogP contribution is -2.29. The Bertz CT molecular complexity index is 1010. The van der Waals surface area contributed by atoms with E-state index in [1.165, 1.54) is 24.3 Å². The van der Waals surface area contributed by atoms with E-state index in [0.29, 0.717) is 11.1 Å². The molecule has 3 aromatic carbocycles. The van der Waals surface area contributed by atoms with Crippen LogP contribution < -0.4 is 20.1 Å². The van der Waals surface area contributed by atoms with E-state index < -0.39 is 19.5 Å². The molecule has 30 heavy (non-hydrogen) atoms. The van der Waals surface area contributed by atoms with Crippen molar-refractivity contribution in [3.05, 3.63) is 96.1 Å². The first-order valence-corrected chi connectivity index (χ1v) is 10.5. The van der Waals surface area contributed by atoms with Crippen molar-refractivity contribution in [1.29, 1.82) is 5.41 Å². The number of amidine groups is 1. The third kappa shape index (κ3) is 5.18. The lowest BCUT2D eigenvalue weighted by atomic mass is 10.1. The summed E-state index contributed by atoms with van der Waals surface area (Å²) in [6, 6.07) is 22.8. The molecule has 0 aliphatic rings. The second-order valence-corrected chi connectivity index (χ2v) is 8.20. The van der Waals surface area contributed by atoms with Crippen LogP contribution in [0.2, 0.25) is 0 Å². The fourth-order valence-electron chi connectivity index (χ4n) is 2.69. The molecule has 0 spiro atoms. The number of para-hydroxylation sites is 2. The highest BCUT2D eigenvalue weighted by molar-refractivity contribution is 7.55. The van der Waals surface area contributed by atoms with Crippen molar-refractivity contribution < 1.29 is 23.5 Å². The quantitative estimate of drug-likeness (QED) is 0.237. The molecule has 0 aliphatic carbocycles. The van der Waals surface area contributed by atoms with Gasteiger partial charge in [0.25, 0.3) is 0 Å². The molecule has 0 aromatic heterocycles. The van der Waals surface area contributed by atoms with Gasteiger partial charge in [0, 0.05) is 5.56 Å². The Morgan fingerprint density at radius 2 is 1.37 bits per heavy atom. The largest absolute Gasteiger partial charge is 0.465 e. The number of benzene rings is 3. The van der Waals surface area contributed by atoms with E-state index in [-0.39, 0.29) is 17.3 Å². The van der Waals surface area contributed by atoms with Crippen molar-refractivity contribution in [2.24, 2.45) is 5.73 Å². The van der Waals surface area contributed by atoms with Crippen molar-refractivity contribution >= 4 is 19.5 Å². The SMILES string of the molecule is N=C(N)c1ccc(C(NC(=O)O)P(=O)(Oc2ccccc2)Oc2ccccc2)cc1. The summed E-state index contributed by atoms with van der Waals surface area (Å²) < 4.78 is 25.5. The van der Waals surface area contributed by atoms with E-state index in [0.717, 1.165) is 0 Å². The van der Waals surface area contributed by atoms with Gasteiger partial charge in [0.2, 0.25) is 0 Å². The average Bonchev–Trinajstić information content (AvgIpc) is 2.73. The Morgan fingerprint density at radius 3 is 1.77 bits per heavy atom. The summed E-state index contributed by atoms with van der Waals surface area (Å²) in [4.78, 5) is 11.5. The number of nitrogen functional groups attached to an aromatic ring is 1. The predicted molar refractivity (Wildman–Crippen MR) is 113 cm³/mol. The van der Waals surface area contributed by atoms with Gasteiger partial charge in [-0.05, 0) is 29.8 Å². The maximum Gasteiger partial charge on any atom is 0.457 e. The first-order chi connectivity index (χ1) is 14.4. The number of hydrogen-bond donors (Lipinski definition) is 4. The van der Waals surface area contributed by atoms with Gasteiger partial charge in [0.15, 0.2) is 5.78 Å². The number of nitrogens with two attached hydrogens (primary N) is 1. The normalized spacial score (nSPS) is 11.9. The maximum absolute atomic E-state index is 14.0. The van der Waals surface area contributed by atoms with Crippen LogP contribution in [0.1, 0.15) is 16.9 Å². The number of carbonyl (C=O) groups is 1. The molecule has 1 atom stereocenters. The minimum Gasteiger partial charge on any atom is -0.465 e. The third-order valence-electron chi connectivity index (χ3n) is 4.07. The van der Waals surface area contributed by atoms with E-state index in [1.807, 2.05) is 0 Å². The maximum atomic E-state index is 14.0. The Morgan fingerprint density at radius 1 is 0.900 bits per heavy atom. The Labute approximate surface area is 173 Å². The van der Waals surface area contributed by atoms with E-state index in [2.05, 4.69) is 5.32 Å². The fraction of sp³-hybridized carbons (Fsp3) is 0.0476.